The van der Waals surface area contributed by atoms with Gasteiger partial charge < -0.3 is 16.0 Å². The molecule has 27 heavy (non-hydrogen) atoms. The highest BCUT2D eigenvalue weighted by Crippen LogP contribution is 2.25. The number of likely N-dealkylation sites (tertiary alicyclic amines) is 1. The van der Waals surface area contributed by atoms with Crippen molar-refractivity contribution in [1.82, 2.24) is 19.6 Å². The number of hydrogen-bond acceptors (Lipinski definition) is 4. The number of halogens is 1. The van der Waals surface area contributed by atoms with Crippen LogP contribution in [-0.2, 0) is 6.42 Å². The van der Waals surface area contributed by atoms with Crippen LogP contribution in [0.5, 0.6) is 0 Å². The first-order valence-electron chi connectivity index (χ1n) is 10.00. The van der Waals surface area contributed by atoms with Gasteiger partial charge in [-0.05, 0) is 57.3 Å². The molecule has 6 nitrogen and oxygen atoms in total. The third-order valence-electron chi connectivity index (χ3n) is 5.47. The fourth-order valence-electron chi connectivity index (χ4n) is 3.65. The summed E-state index contributed by atoms with van der Waals surface area (Å²) in [4.78, 5) is 19.9. The van der Waals surface area contributed by atoms with E-state index in [9.17, 15) is 4.79 Å². The van der Waals surface area contributed by atoms with E-state index >= 15 is 0 Å². The maximum Gasteiger partial charge on any atom is 0.255 e. The number of unbranched alkanes of at least 4 members (excludes halogenated alkanes) is 1. The number of rotatable bonds is 7. The Morgan fingerprint density at radius 3 is 2.78 bits per heavy atom. The second-order valence-electron chi connectivity index (χ2n) is 7.42. The van der Waals surface area contributed by atoms with E-state index in [0.29, 0.717) is 34.5 Å². The zero-order chi connectivity index (χ0) is 19.4. The van der Waals surface area contributed by atoms with Crippen LogP contribution in [0.4, 0.5) is 5.82 Å². The Hall–Kier alpha value is -1.79. The smallest absolute Gasteiger partial charge is 0.255 e. The number of carbonyl (C=O) groups excluding carboxylic acids is 1. The maximum absolute atomic E-state index is 12.8. The number of nitrogen functional groups attached to an aromatic ring is 1. The molecule has 1 aliphatic heterocycles. The molecule has 1 amide bonds. The Bertz CT molecular complexity index is 795. The average molecular weight is 392 g/mol. The van der Waals surface area contributed by atoms with Crippen molar-refractivity contribution < 1.29 is 4.79 Å². The fourth-order valence-corrected chi connectivity index (χ4v) is 3.85. The predicted molar refractivity (Wildman–Crippen MR) is 110 cm³/mol. The van der Waals surface area contributed by atoms with Gasteiger partial charge in [-0.2, -0.15) is 0 Å². The molecular formula is C20H30ClN5O. The molecule has 7 heteroatoms. The Morgan fingerprint density at radius 2 is 2.11 bits per heavy atom. The van der Waals surface area contributed by atoms with E-state index in [2.05, 4.69) is 22.1 Å². The van der Waals surface area contributed by atoms with E-state index in [0.717, 1.165) is 38.0 Å². The van der Waals surface area contributed by atoms with Crippen LogP contribution in [0.2, 0.25) is 5.02 Å². The van der Waals surface area contributed by atoms with E-state index in [1.807, 2.05) is 13.1 Å². The number of nitrogens with one attached hydrogen (secondary N) is 1. The van der Waals surface area contributed by atoms with Crippen molar-refractivity contribution >= 4 is 29.0 Å². The molecule has 0 radical (unpaired) electrons. The zero-order valence-electron chi connectivity index (χ0n) is 16.3. The molecular weight excluding hydrogens is 362 g/mol. The molecule has 3 heterocycles. The van der Waals surface area contributed by atoms with Gasteiger partial charge in [0.2, 0.25) is 0 Å². The molecule has 0 atom stereocenters. The molecule has 0 aromatic carbocycles. The summed E-state index contributed by atoms with van der Waals surface area (Å²) in [5.74, 6) is 0.802. The first-order valence-corrected chi connectivity index (χ1v) is 10.4. The standard InChI is InChI=1S/C20H30ClN5O/c1-3-5-8-25-9-6-14(7-10-25)12-23-20(27)16-11-17(21)18(22)26-13-15(4-2)24-19(16)26/h11,13-14H,3-10,12,22H2,1-2H3,(H,23,27). The number of piperidine rings is 1. The number of fused-ring (bicyclic) bond motifs is 1. The summed E-state index contributed by atoms with van der Waals surface area (Å²) >= 11 is 6.24. The Labute approximate surface area is 166 Å². The summed E-state index contributed by atoms with van der Waals surface area (Å²) in [5.41, 5.74) is 7.99. The summed E-state index contributed by atoms with van der Waals surface area (Å²) < 4.78 is 1.71. The van der Waals surface area contributed by atoms with E-state index in [1.165, 1.54) is 19.4 Å². The Balaban J connectivity index is 1.63. The third kappa shape index (κ3) is 4.55. The van der Waals surface area contributed by atoms with Gasteiger partial charge in [-0.3, -0.25) is 9.20 Å². The highest BCUT2D eigenvalue weighted by molar-refractivity contribution is 6.33. The van der Waals surface area contributed by atoms with Gasteiger partial charge in [-0.25, -0.2) is 4.98 Å². The highest BCUT2D eigenvalue weighted by atomic mass is 35.5. The number of nitrogens with two attached hydrogens (primary N) is 1. The monoisotopic (exact) mass is 391 g/mol. The van der Waals surface area contributed by atoms with E-state index in [-0.39, 0.29) is 5.91 Å². The van der Waals surface area contributed by atoms with Crippen LogP contribution in [0.1, 0.15) is 55.6 Å². The minimum absolute atomic E-state index is 0.136. The molecule has 148 valence electrons. The van der Waals surface area contributed by atoms with E-state index in [4.69, 9.17) is 17.3 Å². The quantitative estimate of drug-likeness (QED) is 0.758. The number of imidazole rings is 1. The molecule has 0 saturated carbocycles. The van der Waals surface area contributed by atoms with Crippen LogP contribution < -0.4 is 11.1 Å². The minimum Gasteiger partial charge on any atom is -0.384 e. The van der Waals surface area contributed by atoms with Gasteiger partial charge in [0.1, 0.15) is 5.82 Å². The average Bonchev–Trinajstić information content (AvgIpc) is 3.13. The van der Waals surface area contributed by atoms with Crippen molar-refractivity contribution in [3.8, 4) is 0 Å². The third-order valence-corrected chi connectivity index (χ3v) is 5.77. The largest absolute Gasteiger partial charge is 0.384 e. The zero-order valence-corrected chi connectivity index (χ0v) is 17.1. The molecule has 0 spiro atoms. The Morgan fingerprint density at radius 1 is 1.37 bits per heavy atom. The number of hydrogen-bond donors (Lipinski definition) is 2. The van der Waals surface area contributed by atoms with Crippen molar-refractivity contribution in [1.29, 1.82) is 0 Å². The van der Waals surface area contributed by atoms with Crippen LogP contribution in [0, 0.1) is 5.92 Å². The van der Waals surface area contributed by atoms with Crippen LogP contribution in [0.25, 0.3) is 5.65 Å². The number of nitrogens with zero attached hydrogens (tertiary/aromatic N) is 3. The lowest BCUT2D eigenvalue weighted by Crippen LogP contribution is -2.39. The van der Waals surface area contributed by atoms with E-state index in [1.54, 1.807) is 10.5 Å². The summed E-state index contributed by atoms with van der Waals surface area (Å²) in [6, 6.07) is 1.63. The molecule has 3 N–H and O–H groups in total. The number of anilines is 1. The van der Waals surface area contributed by atoms with Crippen molar-refractivity contribution in [3.63, 3.8) is 0 Å². The molecule has 1 aliphatic rings. The number of aryl methyl sites for hydroxylation is 1. The topological polar surface area (TPSA) is 75.7 Å². The fraction of sp³-hybridized carbons (Fsp3) is 0.600. The van der Waals surface area contributed by atoms with Crippen molar-refractivity contribution in [2.24, 2.45) is 5.92 Å². The minimum atomic E-state index is -0.136. The molecule has 0 bridgehead atoms. The van der Waals surface area contributed by atoms with Crippen molar-refractivity contribution in [2.45, 2.75) is 46.0 Å². The second kappa shape index (κ2) is 8.93. The first-order chi connectivity index (χ1) is 13.0. The summed E-state index contributed by atoms with van der Waals surface area (Å²) in [6.07, 6.45) is 7.38. The molecule has 3 rings (SSSR count). The van der Waals surface area contributed by atoms with Crippen LogP contribution in [0.15, 0.2) is 12.3 Å². The van der Waals surface area contributed by atoms with Gasteiger partial charge in [0.15, 0.2) is 5.65 Å². The van der Waals surface area contributed by atoms with Gasteiger partial charge in [-0.1, -0.05) is 31.9 Å². The van der Waals surface area contributed by atoms with Gasteiger partial charge in [0, 0.05) is 12.7 Å². The predicted octanol–water partition coefficient (Wildman–Crippen LogP) is 3.37. The molecule has 0 unspecified atom stereocenters. The van der Waals surface area contributed by atoms with Gasteiger partial charge in [0.05, 0.1) is 16.3 Å². The highest BCUT2D eigenvalue weighted by Gasteiger charge is 2.21. The SMILES string of the molecule is CCCCN1CCC(CNC(=O)c2cc(Cl)c(N)n3cc(CC)nc23)CC1. The van der Waals surface area contributed by atoms with Crippen LogP contribution >= 0.6 is 11.6 Å². The van der Waals surface area contributed by atoms with Gasteiger partial charge >= 0.3 is 0 Å². The molecule has 1 fully saturated rings. The first kappa shape index (κ1) is 20.0. The van der Waals surface area contributed by atoms with Gasteiger partial charge in [-0.15, -0.1) is 0 Å². The number of carbonyl (C=O) groups is 1. The maximum atomic E-state index is 12.8. The molecule has 2 aromatic rings. The summed E-state index contributed by atoms with van der Waals surface area (Å²) in [5, 5.41) is 3.45. The normalized spacial score (nSPS) is 16.1. The summed E-state index contributed by atoms with van der Waals surface area (Å²) in [6.45, 7) is 8.38. The van der Waals surface area contributed by atoms with Crippen molar-refractivity contribution in [3.05, 3.63) is 28.5 Å². The number of pyridine rings is 1. The molecule has 0 aliphatic carbocycles. The van der Waals surface area contributed by atoms with Crippen LogP contribution in [0.3, 0.4) is 0 Å². The van der Waals surface area contributed by atoms with Crippen molar-refractivity contribution in [2.75, 3.05) is 31.9 Å². The van der Waals surface area contributed by atoms with Gasteiger partial charge in [0.25, 0.3) is 5.91 Å². The second-order valence-corrected chi connectivity index (χ2v) is 7.83. The lowest BCUT2D eigenvalue weighted by molar-refractivity contribution is 0.0937. The number of amides is 1. The molecule has 2 aromatic heterocycles. The molecule has 1 saturated heterocycles. The summed E-state index contributed by atoms with van der Waals surface area (Å²) in [7, 11) is 0. The Kier molecular flexibility index (Phi) is 6.60. The number of aromatic nitrogens is 2. The van der Waals surface area contributed by atoms with Crippen LogP contribution in [-0.4, -0.2) is 46.4 Å². The lowest BCUT2D eigenvalue weighted by atomic mass is 9.96. The van der Waals surface area contributed by atoms with E-state index < -0.39 is 0 Å². The lowest BCUT2D eigenvalue weighted by Gasteiger charge is -2.31.